The highest BCUT2D eigenvalue weighted by Crippen LogP contribution is 2.39. The molecular weight excluding hydrogens is 444 g/mol. The summed E-state index contributed by atoms with van der Waals surface area (Å²) in [6.07, 6.45) is -8.40. The summed E-state index contributed by atoms with van der Waals surface area (Å²) in [5, 5.41) is 78.7. The Morgan fingerprint density at radius 1 is 0.879 bits per heavy atom. The maximum Gasteiger partial charge on any atom is 0.239 e. The standard InChI is InChI=1S/C21H20O12/c22-6-13-15(27)17(29)18(30)21(32-13)33-20-16(28)14-11(26)4-8(23)5-12(14)31-19(20)7-1-2-9(24)10(25)3-7/h1-5,13,15,17-18,21-27,29-30H,6H2/t13?,15-,17+,18?,21-/m0/s1. The predicted molar refractivity (Wildman–Crippen MR) is 109 cm³/mol. The second-order valence-electron chi connectivity index (χ2n) is 7.45. The van der Waals surface area contributed by atoms with E-state index in [9.17, 15) is 45.6 Å². The van der Waals surface area contributed by atoms with Gasteiger partial charge in [-0.3, -0.25) is 4.79 Å². The molecule has 1 aliphatic heterocycles. The number of aromatic hydroxyl groups is 4. The van der Waals surface area contributed by atoms with Gasteiger partial charge in [0.2, 0.25) is 17.5 Å². The number of aliphatic hydroxyl groups is 4. The van der Waals surface area contributed by atoms with Crippen molar-refractivity contribution in [1.29, 1.82) is 0 Å². The average Bonchev–Trinajstić information content (AvgIpc) is 2.76. The van der Waals surface area contributed by atoms with Crippen LogP contribution >= 0.6 is 0 Å². The Balaban J connectivity index is 1.91. The molecule has 0 amide bonds. The molecule has 176 valence electrons. The number of aliphatic hydroxyl groups excluding tert-OH is 4. The smallest absolute Gasteiger partial charge is 0.239 e. The van der Waals surface area contributed by atoms with Crippen LogP contribution in [-0.4, -0.2) is 78.2 Å². The van der Waals surface area contributed by atoms with Gasteiger partial charge in [-0.15, -0.1) is 0 Å². The van der Waals surface area contributed by atoms with Gasteiger partial charge in [0.1, 0.15) is 46.9 Å². The summed E-state index contributed by atoms with van der Waals surface area (Å²) in [6, 6.07) is 5.36. The molecule has 2 heterocycles. The van der Waals surface area contributed by atoms with Crippen LogP contribution in [0.15, 0.2) is 39.5 Å². The summed E-state index contributed by atoms with van der Waals surface area (Å²) in [5.74, 6) is -3.05. The van der Waals surface area contributed by atoms with Crippen LogP contribution < -0.4 is 10.2 Å². The van der Waals surface area contributed by atoms with Crippen molar-refractivity contribution in [3.05, 3.63) is 40.6 Å². The van der Waals surface area contributed by atoms with Crippen LogP contribution in [0.1, 0.15) is 0 Å². The lowest BCUT2D eigenvalue weighted by Gasteiger charge is -2.39. The Hall–Kier alpha value is -3.55. The first-order valence-corrected chi connectivity index (χ1v) is 9.64. The van der Waals surface area contributed by atoms with Crippen molar-refractivity contribution in [2.24, 2.45) is 0 Å². The quantitative estimate of drug-likeness (QED) is 0.229. The SMILES string of the molecule is O=c1c(O[C@@H]2OC(CO)[C@H](O)[C@@H](O)C2O)c(-c2ccc(O)c(O)c2)oc2cc(O)cc(O)c12. The van der Waals surface area contributed by atoms with Crippen molar-refractivity contribution in [3.63, 3.8) is 0 Å². The van der Waals surface area contributed by atoms with Crippen molar-refractivity contribution in [3.8, 4) is 40.1 Å². The Kier molecular flexibility index (Phi) is 5.78. The zero-order valence-electron chi connectivity index (χ0n) is 16.7. The minimum absolute atomic E-state index is 0.0201. The normalized spacial score (nSPS) is 25.3. The van der Waals surface area contributed by atoms with E-state index in [1.807, 2.05) is 0 Å². The summed E-state index contributed by atoms with van der Waals surface area (Å²) in [5.41, 5.74) is -1.19. The van der Waals surface area contributed by atoms with Gasteiger partial charge in [-0.25, -0.2) is 0 Å². The van der Waals surface area contributed by atoms with Gasteiger partial charge in [-0.05, 0) is 18.2 Å². The number of ether oxygens (including phenoxy) is 2. The highest BCUT2D eigenvalue weighted by Gasteiger charge is 2.45. The highest BCUT2D eigenvalue weighted by molar-refractivity contribution is 5.88. The third-order valence-corrected chi connectivity index (χ3v) is 5.24. The van der Waals surface area contributed by atoms with Gasteiger partial charge in [-0.1, -0.05) is 0 Å². The van der Waals surface area contributed by atoms with Crippen molar-refractivity contribution < 1.29 is 54.7 Å². The van der Waals surface area contributed by atoms with E-state index in [0.717, 1.165) is 24.3 Å². The topological polar surface area (TPSA) is 211 Å². The summed E-state index contributed by atoms with van der Waals surface area (Å²) < 4.78 is 16.5. The molecule has 0 aliphatic carbocycles. The zero-order valence-corrected chi connectivity index (χ0v) is 16.7. The number of phenols is 4. The number of hydrogen-bond donors (Lipinski definition) is 8. The molecule has 1 aliphatic rings. The lowest BCUT2D eigenvalue weighted by Crippen LogP contribution is -2.60. The fraction of sp³-hybridized carbons (Fsp3) is 0.286. The van der Waals surface area contributed by atoms with Gasteiger partial charge in [0.05, 0.1) is 6.61 Å². The highest BCUT2D eigenvalue weighted by atomic mass is 16.7. The molecule has 3 aromatic rings. The largest absolute Gasteiger partial charge is 0.508 e. The number of rotatable bonds is 4. The fourth-order valence-electron chi connectivity index (χ4n) is 3.51. The molecule has 33 heavy (non-hydrogen) atoms. The van der Waals surface area contributed by atoms with E-state index in [0.29, 0.717) is 0 Å². The maximum absolute atomic E-state index is 13.2. The summed E-state index contributed by atoms with van der Waals surface area (Å²) >= 11 is 0. The van der Waals surface area contributed by atoms with Crippen LogP contribution in [0.3, 0.4) is 0 Å². The molecule has 0 saturated carbocycles. The molecule has 12 heteroatoms. The second kappa shape index (κ2) is 8.42. The molecule has 0 radical (unpaired) electrons. The van der Waals surface area contributed by atoms with Crippen LogP contribution in [0.2, 0.25) is 0 Å². The van der Waals surface area contributed by atoms with Gasteiger partial charge in [-0.2, -0.15) is 0 Å². The molecular formula is C21H20O12. The van der Waals surface area contributed by atoms with Gasteiger partial charge in [0.15, 0.2) is 17.3 Å². The van der Waals surface area contributed by atoms with E-state index in [-0.39, 0.29) is 22.3 Å². The average molecular weight is 464 g/mol. The molecule has 1 fully saturated rings. The van der Waals surface area contributed by atoms with Gasteiger partial charge >= 0.3 is 0 Å². The van der Waals surface area contributed by atoms with Crippen LogP contribution in [0.5, 0.6) is 28.7 Å². The first kappa shape index (κ1) is 22.6. The van der Waals surface area contributed by atoms with Crippen LogP contribution in [0.4, 0.5) is 0 Å². The third-order valence-electron chi connectivity index (χ3n) is 5.24. The van der Waals surface area contributed by atoms with Crippen molar-refractivity contribution in [2.75, 3.05) is 6.61 Å². The lowest BCUT2D eigenvalue weighted by molar-refractivity contribution is -0.277. The Morgan fingerprint density at radius 2 is 1.61 bits per heavy atom. The number of fused-ring (bicyclic) bond motifs is 1. The van der Waals surface area contributed by atoms with Crippen molar-refractivity contribution in [1.82, 2.24) is 0 Å². The predicted octanol–water partition coefficient (Wildman–Crippen LogP) is -0.539. The molecule has 4 rings (SSSR count). The molecule has 1 saturated heterocycles. The summed E-state index contributed by atoms with van der Waals surface area (Å²) in [7, 11) is 0. The number of phenolic OH excluding ortho intramolecular Hbond substituents is 4. The van der Waals surface area contributed by atoms with Gasteiger partial charge in [0.25, 0.3) is 0 Å². The monoisotopic (exact) mass is 464 g/mol. The fourth-order valence-corrected chi connectivity index (χ4v) is 3.51. The molecule has 1 aromatic heterocycles. The molecule has 2 unspecified atom stereocenters. The number of benzene rings is 2. The molecule has 0 bridgehead atoms. The minimum Gasteiger partial charge on any atom is -0.508 e. The van der Waals surface area contributed by atoms with E-state index in [1.165, 1.54) is 6.07 Å². The maximum atomic E-state index is 13.2. The molecule has 8 N–H and O–H groups in total. The Bertz CT molecular complexity index is 1250. The van der Waals surface area contributed by atoms with Crippen LogP contribution in [0, 0.1) is 0 Å². The lowest BCUT2D eigenvalue weighted by atomic mass is 9.99. The van der Waals surface area contributed by atoms with E-state index in [4.69, 9.17) is 13.9 Å². The minimum atomic E-state index is -1.85. The molecule has 5 atom stereocenters. The molecule has 2 aromatic carbocycles. The first-order chi connectivity index (χ1) is 15.6. The second-order valence-corrected chi connectivity index (χ2v) is 7.45. The first-order valence-electron chi connectivity index (χ1n) is 9.64. The van der Waals surface area contributed by atoms with Gasteiger partial charge in [0, 0.05) is 17.7 Å². The molecule has 0 spiro atoms. The van der Waals surface area contributed by atoms with Crippen molar-refractivity contribution in [2.45, 2.75) is 30.7 Å². The van der Waals surface area contributed by atoms with E-state index >= 15 is 0 Å². The zero-order chi connectivity index (χ0) is 24.0. The van der Waals surface area contributed by atoms with E-state index < -0.39 is 71.5 Å². The Labute approximate surface area is 184 Å². The summed E-state index contributed by atoms with van der Waals surface area (Å²) in [4.78, 5) is 13.2. The van der Waals surface area contributed by atoms with Crippen LogP contribution in [0.25, 0.3) is 22.3 Å². The third kappa shape index (κ3) is 3.90. The number of hydrogen-bond acceptors (Lipinski definition) is 12. The Morgan fingerprint density at radius 3 is 2.27 bits per heavy atom. The van der Waals surface area contributed by atoms with E-state index in [2.05, 4.69) is 0 Å². The van der Waals surface area contributed by atoms with E-state index in [1.54, 1.807) is 0 Å². The van der Waals surface area contributed by atoms with Crippen molar-refractivity contribution >= 4 is 11.0 Å². The van der Waals surface area contributed by atoms with Crippen LogP contribution in [-0.2, 0) is 4.74 Å². The molecule has 12 nitrogen and oxygen atoms in total. The summed E-state index contributed by atoms with van der Waals surface area (Å²) in [6.45, 7) is -0.740. The van der Waals surface area contributed by atoms with Gasteiger partial charge < -0.3 is 54.7 Å².